The minimum atomic E-state index is 0.413. The van der Waals surface area contributed by atoms with Gasteiger partial charge in [0.1, 0.15) is 5.82 Å². The lowest BCUT2D eigenvalue weighted by atomic mass is 10.1. The van der Waals surface area contributed by atoms with Crippen LogP contribution < -0.4 is 5.32 Å². The van der Waals surface area contributed by atoms with Crippen LogP contribution in [0.2, 0.25) is 0 Å². The maximum Gasteiger partial charge on any atom is 0.109 e. The highest BCUT2D eigenvalue weighted by molar-refractivity contribution is 9.10. The standard InChI is InChI=1S/C15H20BrN3O/c1-10-8-11(16)9-13-15(10)19-14(18-13)4-7-20-12-2-5-17-6-3-12/h8-9,12,17H,2-7H2,1H3,(H,18,19). The number of fused-ring (bicyclic) bond motifs is 1. The molecule has 1 fully saturated rings. The summed E-state index contributed by atoms with van der Waals surface area (Å²) < 4.78 is 7.01. The molecular formula is C15H20BrN3O. The first-order valence-corrected chi connectivity index (χ1v) is 7.99. The first-order valence-electron chi connectivity index (χ1n) is 7.19. The lowest BCUT2D eigenvalue weighted by Gasteiger charge is -2.22. The number of hydrogen-bond donors (Lipinski definition) is 2. The van der Waals surface area contributed by atoms with Crippen LogP contribution in [0.15, 0.2) is 16.6 Å². The molecule has 0 spiro atoms. The van der Waals surface area contributed by atoms with Crippen molar-refractivity contribution in [3.8, 4) is 0 Å². The maximum absolute atomic E-state index is 5.93. The highest BCUT2D eigenvalue weighted by Crippen LogP contribution is 2.22. The van der Waals surface area contributed by atoms with Gasteiger partial charge in [0.15, 0.2) is 0 Å². The molecule has 3 rings (SSSR count). The van der Waals surface area contributed by atoms with Crippen molar-refractivity contribution in [2.75, 3.05) is 19.7 Å². The Morgan fingerprint density at radius 1 is 1.35 bits per heavy atom. The zero-order chi connectivity index (χ0) is 13.9. The molecule has 0 aliphatic carbocycles. The minimum absolute atomic E-state index is 0.413. The van der Waals surface area contributed by atoms with Crippen LogP contribution in [0.5, 0.6) is 0 Å². The lowest BCUT2D eigenvalue weighted by Crippen LogP contribution is -2.32. The van der Waals surface area contributed by atoms with Crippen LogP contribution in [0.1, 0.15) is 24.2 Å². The predicted molar refractivity (Wildman–Crippen MR) is 84.1 cm³/mol. The van der Waals surface area contributed by atoms with E-state index in [4.69, 9.17) is 4.74 Å². The Bertz CT molecular complexity index is 590. The van der Waals surface area contributed by atoms with Crippen molar-refractivity contribution < 1.29 is 4.74 Å². The third-order valence-electron chi connectivity index (χ3n) is 3.77. The molecule has 0 unspecified atom stereocenters. The molecule has 5 heteroatoms. The average molecular weight is 338 g/mol. The number of rotatable bonds is 4. The summed E-state index contributed by atoms with van der Waals surface area (Å²) >= 11 is 3.52. The number of aromatic amines is 1. The fourth-order valence-electron chi connectivity index (χ4n) is 2.70. The number of aromatic nitrogens is 2. The number of H-pyrrole nitrogens is 1. The van der Waals surface area contributed by atoms with Crippen molar-refractivity contribution in [1.82, 2.24) is 15.3 Å². The Hall–Kier alpha value is -0.910. The molecule has 0 amide bonds. The lowest BCUT2D eigenvalue weighted by molar-refractivity contribution is 0.0343. The Morgan fingerprint density at radius 3 is 2.95 bits per heavy atom. The number of aryl methyl sites for hydroxylation is 1. The van der Waals surface area contributed by atoms with Gasteiger partial charge in [0, 0.05) is 10.9 Å². The van der Waals surface area contributed by atoms with Crippen molar-refractivity contribution in [1.29, 1.82) is 0 Å². The molecule has 1 aliphatic rings. The highest BCUT2D eigenvalue weighted by atomic mass is 79.9. The first kappa shape index (κ1) is 14.0. The van der Waals surface area contributed by atoms with Gasteiger partial charge in [-0.15, -0.1) is 0 Å². The zero-order valence-corrected chi connectivity index (χ0v) is 13.3. The van der Waals surface area contributed by atoms with Crippen molar-refractivity contribution >= 4 is 27.0 Å². The van der Waals surface area contributed by atoms with Crippen LogP contribution in [0.25, 0.3) is 11.0 Å². The van der Waals surface area contributed by atoms with Crippen LogP contribution in [-0.4, -0.2) is 35.8 Å². The van der Waals surface area contributed by atoms with Crippen LogP contribution >= 0.6 is 15.9 Å². The van der Waals surface area contributed by atoms with Gasteiger partial charge in [0.2, 0.25) is 0 Å². The third kappa shape index (κ3) is 3.22. The second-order valence-corrected chi connectivity index (χ2v) is 6.29. The van der Waals surface area contributed by atoms with Gasteiger partial charge in [-0.2, -0.15) is 0 Å². The number of nitrogens with zero attached hydrogens (tertiary/aromatic N) is 1. The van der Waals surface area contributed by atoms with Gasteiger partial charge in [-0.3, -0.25) is 0 Å². The Labute approximate surface area is 127 Å². The Morgan fingerprint density at radius 2 is 2.15 bits per heavy atom. The van der Waals surface area contributed by atoms with E-state index < -0.39 is 0 Å². The molecule has 1 aromatic heterocycles. The van der Waals surface area contributed by atoms with Crippen LogP contribution in [0.3, 0.4) is 0 Å². The summed E-state index contributed by atoms with van der Waals surface area (Å²) in [6.45, 7) is 4.97. The molecule has 0 bridgehead atoms. The van der Waals surface area contributed by atoms with E-state index in [1.54, 1.807) is 0 Å². The van der Waals surface area contributed by atoms with E-state index in [1.165, 1.54) is 5.56 Å². The monoisotopic (exact) mass is 337 g/mol. The second kappa shape index (κ2) is 6.24. The molecule has 1 aromatic carbocycles. The Balaban J connectivity index is 1.61. The zero-order valence-electron chi connectivity index (χ0n) is 11.7. The van der Waals surface area contributed by atoms with Crippen molar-refractivity contribution in [3.63, 3.8) is 0 Å². The molecule has 4 nitrogen and oxygen atoms in total. The number of benzene rings is 1. The number of imidazole rings is 1. The van der Waals surface area contributed by atoms with Gasteiger partial charge < -0.3 is 15.0 Å². The smallest absolute Gasteiger partial charge is 0.109 e. The Kier molecular flexibility index (Phi) is 4.38. The number of piperidine rings is 1. The van der Waals surface area contributed by atoms with Gasteiger partial charge in [-0.25, -0.2) is 4.98 Å². The number of halogens is 1. The molecule has 1 aliphatic heterocycles. The maximum atomic E-state index is 5.93. The summed E-state index contributed by atoms with van der Waals surface area (Å²) in [6.07, 6.45) is 3.49. The van der Waals surface area contributed by atoms with Gasteiger partial charge in [0.25, 0.3) is 0 Å². The molecule has 108 valence electrons. The van der Waals surface area contributed by atoms with E-state index in [0.29, 0.717) is 6.10 Å². The largest absolute Gasteiger partial charge is 0.378 e. The van der Waals surface area contributed by atoms with Crippen molar-refractivity contribution in [2.24, 2.45) is 0 Å². The first-order chi connectivity index (χ1) is 9.72. The molecule has 20 heavy (non-hydrogen) atoms. The fraction of sp³-hybridized carbons (Fsp3) is 0.533. The van der Waals surface area contributed by atoms with Gasteiger partial charge in [-0.1, -0.05) is 15.9 Å². The summed E-state index contributed by atoms with van der Waals surface area (Å²) in [6, 6.07) is 4.17. The molecule has 0 radical (unpaired) electrons. The summed E-state index contributed by atoms with van der Waals surface area (Å²) in [7, 11) is 0. The molecular weight excluding hydrogens is 318 g/mol. The van der Waals surface area contributed by atoms with E-state index >= 15 is 0 Å². The fourth-order valence-corrected chi connectivity index (χ4v) is 3.27. The minimum Gasteiger partial charge on any atom is -0.378 e. The van der Waals surface area contributed by atoms with Gasteiger partial charge in [-0.05, 0) is 50.6 Å². The van der Waals surface area contributed by atoms with E-state index in [0.717, 1.165) is 60.3 Å². The molecule has 1 saturated heterocycles. The van der Waals surface area contributed by atoms with E-state index in [9.17, 15) is 0 Å². The van der Waals surface area contributed by atoms with E-state index in [-0.39, 0.29) is 0 Å². The molecule has 0 saturated carbocycles. The topological polar surface area (TPSA) is 49.9 Å². The van der Waals surface area contributed by atoms with Gasteiger partial charge >= 0.3 is 0 Å². The second-order valence-electron chi connectivity index (χ2n) is 5.37. The molecule has 2 N–H and O–H groups in total. The third-order valence-corrected chi connectivity index (χ3v) is 4.23. The SMILES string of the molecule is Cc1cc(Br)cc2[nH]c(CCOC3CCNCC3)nc12. The van der Waals surface area contributed by atoms with Crippen LogP contribution in [0.4, 0.5) is 0 Å². The summed E-state index contributed by atoms with van der Waals surface area (Å²) in [4.78, 5) is 8.05. The van der Waals surface area contributed by atoms with Crippen LogP contribution in [-0.2, 0) is 11.2 Å². The number of ether oxygens (including phenoxy) is 1. The van der Waals surface area contributed by atoms with Gasteiger partial charge in [0.05, 0.1) is 23.7 Å². The van der Waals surface area contributed by atoms with E-state index in [2.05, 4.69) is 50.3 Å². The molecule has 0 atom stereocenters. The normalized spacial score (nSPS) is 16.9. The quantitative estimate of drug-likeness (QED) is 0.901. The predicted octanol–water partition coefficient (Wildman–Crippen LogP) is 2.94. The molecule has 2 heterocycles. The highest BCUT2D eigenvalue weighted by Gasteiger charge is 2.13. The number of hydrogen-bond acceptors (Lipinski definition) is 3. The van der Waals surface area contributed by atoms with Crippen molar-refractivity contribution in [2.45, 2.75) is 32.3 Å². The summed E-state index contributed by atoms with van der Waals surface area (Å²) in [5.41, 5.74) is 3.34. The van der Waals surface area contributed by atoms with Crippen LogP contribution in [0, 0.1) is 6.92 Å². The summed E-state index contributed by atoms with van der Waals surface area (Å²) in [5.74, 6) is 1.01. The van der Waals surface area contributed by atoms with Crippen molar-refractivity contribution in [3.05, 3.63) is 28.0 Å². The van der Waals surface area contributed by atoms with E-state index in [1.807, 2.05) is 0 Å². The molecule has 2 aromatic rings. The number of nitrogens with one attached hydrogen (secondary N) is 2. The average Bonchev–Trinajstić information content (AvgIpc) is 2.83. The summed E-state index contributed by atoms with van der Waals surface area (Å²) in [5, 5.41) is 3.35.